The van der Waals surface area contributed by atoms with Crippen LogP contribution in [0.5, 0.6) is 0 Å². The third-order valence-electron chi connectivity index (χ3n) is 9.69. The summed E-state index contributed by atoms with van der Waals surface area (Å²) in [7, 11) is 0. The number of aromatic nitrogens is 1. The lowest BCUT2D eigenvalue weighted by Crippen LogP contribution is -2.50. The fraction of sp³-hybridized carbons (Fsp3) is 0.643. The van der Waals surface area contributed by atoms with Gasteiger partial charge in [-0.3, -0.25) is 9.78 Å². The summed E-state index contributed by atoms with van der Waals surface area (Å²) in [6.07, 6.45) is 15.3. The van der Waals surface area contributed by atoms with Gasteiger partial charge in [0.25, 0.3) is 0 Å². The quantitative estimate of drug-likeness (QED) is 0.515. The predicted octanol–water partition coefficient (Wildman–Crippen LogP) is 4.66. The molecule has 33 heavy (non-hydrogen) atoms. The highest BCUT2D eigenvalue weighted by Crippen LogP contribution is 2.66. The van der Waals surface area contributed by atoms with Gasteiger partial charge in [0, 0.05) is 18.8 Å². The number of aliphatic hydroxyl groups excluding tert-OH is 1. The number of nitrogens with zero attached hydrogens (tertiary/aromatic N) is 1. The van der Waals surface area contributed by atoms with Crippen LogP contribution in [0.1, 0.15) is 71.3 Å². The molecule has 2 fully saturated rings. The SMILES string of the molecule is C[C@H](O)[C@@H](N)C(=O)OC1CCC2(C)C(=CCC3C2CCC2(C)C(c4cccnc4)=CCC32)C1. The van der Waals surface area contributed by atoms with E-state index in [1.807, 2.05) is 12.4 Å². The maximum Gasteiger partial charge on any atom is 0.325 e. The lowest BCUT2D eigenvalue weighted by atomic mass is 9.47. The summed E-state index contributed by atoms with van der Waals surface area (Å²) in [6.45, 7) is 6.48. The zero-order valence-corrected chi connectivity index (χ0v) is 20.2. The van der Waals surface area contributed by atoms with Gasteiger partial charge in [-0.2, -0.15) is 0 Å². The van der Waals surface area contributed by atoms with E-state index in [2.05, 4.69) is 43.1 Å². The first kappa shape index (κ1) is 22.8. The maximum absolute atomic E-state index is 12.3. The van der Waals surface area contributed by atoms with Crippen molar-refractivity contribution in [2.45, 2.75) is 84.0 Å². The second-order valence-electron chi connectivity index (χ2n) is 11.4. The molecule has 0 spiro atoms. The van der Waals surface area contributed by atoms with Crippen LogP contribution in [0.2, 0.25) is 0 Å². The molecule has 5 rings (SSSR count). The number of hydrogen-bond acceptors (Lipinski definition) is 5. The summed E-state index contributed by atoms with van der Waals surface area (Å²) in [4.78, 5) is 16.7. The van der Waals surface area contributed by atoms with Crippen LogP contribution < -0.4 is 5.73 Å². The summed E-state index contributed by atoms with van der Waals surface area (Å²) in [5.74, 6) is 1.58. The molecule has 1 aromatic heterocycles. The zero-order valence-electron chi connectivity index (χ0n) is 20.2. The third-order valence-corrected chi connectivity index (χ3v) is 9.69. The molecule has 8 atom stereocenters. The monoisotopic (exact) mass is 450 g/mol. The number of carbonyl (C=O) groups is 1. The van der Waals surface area contributed by atoms with Gasteiger partial charge >= 0.3 is 5.97 Å². The van der Waals surface area contributed by atoms with E-state index in [9.17, 15) is 9.90 Å². The number of esters is 1. The number of ether oxygens (including phenoxy) is 1. The van der Waals surface area contributed by atoms with Crippen molar-refractivity contribution in [2.75, 3.05) is 0 Å². The molecule has 0 saturated heterocycles. The van der Waals surface area contributed by atoms with Crippen LogP contribution in [0.3, 0.4) is 0 Å². The molecule has 178 valence electrons. The first-order valence-electron chi connectivity index (χ1n) is 12.7. The van der Waals surface area contributed by atoms with Crippen molar-refractivity contribution in [1.29, 1.82) is 0 Å². The molecule has 2 saturated carbocycles. The topological polar surface area (TPSA) is 85.4 Å². The minimum atomic E-state index is -0.970. The number of fused-ring (bicyclic) bond motifs is 5. The average molecular weight is 451 g/mol. The Kier molecular flexibility index (Phi) is 5.77. The van der Waals surface area contributed by atoms with Crippen LogP contribution in [0.4, 0.5) is 0 Å². The lowest BCUT2D eigenvalue weighted by molar-refractivity contribution is -0.155. The van der Waals surface area contributed by atoms with E-state index < -0.39 is 18.1 Å². The molecule has 4 aliphatic rings. The number of carbonyl (C=O) groups excluding carboxylic acids is 1. The van der Waals surface area contributed by atoms with E-state index in [1.54, 1.807) is 0 Å². The van der Waals surface area contributed by atoms with Crippen LogP contribution in [0.25, 0.3) is 5.57 Å². The van der Waals surface area contributed by atoms with Crippen LogP contribution >= 0.6 is 0 Å². The Labute approximate surface area is 197 Å². The molecule has 0 aromatic carbocycles. The Bertz CT molecular complexity index is 971. The summed E-state index contributed by atoms with van der Waals surface area (Å²) in [5, 5.41) is 9.62. The van der Waals surface area contributed by atoms with Gasteiger partial charge in [-0.05, 0) is 91.2 Å². The van der Waals surface area contributed by atoms with Crippen LogP contribution in [0.15, 0.2) is 42.3 Å². The highest BCUT2D eigenvalue weighted by molar-refractivity contribution is 5.76. The molecular formula is C28H38N2O3. The number of hydrogen-bond donors (Lipinski definition) is 2. The average Bonchev–Trinajstić information content (AvgIpc) is 3.16. The summed E-state index contributed by atoms with van der Waals surface area (Å²) < 4.78 is 5.71. The fourth-order valence-electron chi connectivity index (χ4n) is 7.70. The van der Waals surface area contributed by atoms with Crippen molar-refractivity contribution in [3.8, 4) is 0 Å². The highest BCUT2D eigenvalue weighted by Gasteiger charge is 2.57. The van der Waals surface area contributed by atoms with Gasteiger partial charge in [-0.1, -0.05) is 37.6 Å². The van der Waals surface area contributed by atoms with Crippen molar-refractivity contribution >= 4 is 11.5 Å². The number of nitrogens with two attached hydrogens (primary N) is 1. The van der Waals surface area contributed by atoms with Crippen molar-refractivity contribution in [3.05, 3.63) is 47.8 Å². The van der Waals surface area contributed by atoms with Crippen molar-refractivity contribution < 1.29 is 14.6 Å². The Hall–Kier alpha value is -1.98. The normalized spacial score (nSPS) is 39.3. The van der Waals surface area contributed by atoms with E-state index in [4.69, 9.17) is 10.5 Å². The minimum Gasteiger partial charge on any atom is -0.461 e. The maximum atomic E-state index is 12.3. The van der Waals surface area contributed by atoms with E-state index >= 15 is 0 Å². The number of rotatable bonds is 4. The van der Waals surface area contributed by atoms with Crippen LogP contribution in [0, 0.1) is 28.6 Å². The second-order valence-corrected chi connectivity index (χ2v) is 11.4. The first-order chi connectivity index (χ1) is 15.7. The van der Waals surface area contributed by atoms with Crippen molar-refractivity contribution in [1.82, 2.24) is 4.98 Å². The third kappa shape index (κ3) is 3.68. The molecule has 5 nitrogen and oxygen atoms in total. The molecule has 3 N–H and O–H groups in total. The van der Waals surface area contributed by atoms with E-state index in [0.717, 1.165) is 25.7 Å². The van der Waals surface area contributed by atoms with Gasteiger partial charge in [-0.25, -0.2) is 0 Å². The number of aliphatic hydroxyl groups is 1. The smallest absolute Gasteiger partial charge is 0.325 e. The fourth-order valence-corrected chi connectivity index (χ4v) is 7.70. The molecule has 1 aromatic rings. The van der Waals surface area contributed by atoms with Crippen LogP contribution in [-0.2, 0) is 9.53 Å². The highest BCUT2D eigenvalue weighted by atomic mass is 16.5. The molecule has 0 amide bonds. The van der Waals surface area contributed by atoms with Crippen molar-refractivity contribution in [3.63, 3.8) is 0 Å². The van der Waals surface area contributed by atoms with E-state index in [-0.39, 0.29) is 16.9 Å². The molecule has 0 radical (unpaired) electrons. The van der Waals surface area contributed by atoms with Gasteiger partial charge in [0.2, 0.25) is 0 Å². The standard InChI is InChI=1S/C28H38N2O3/c1-17(31)25(29)26(32)33-20-10-12-27(2)19(15-20)6-7-21-23-9-8-22(18-5-4-14-30-16-18)28(23,3)13-11-24(21)27/h4-6,8,14,16-17,20-21,23-25,31H,7,9-13,15,29H2,1-3H3/t17-,20?,21?,23?,24?,25+,27?,28?/m0/s1. The molecule has 6 unspecified atom stereocenters. The summed E-state index contributed by atoms with van der Waals surface area (Å²) in [6, 6.07) is 3.29. The van der Waals surface area contributed by atoms with Gasteiger partial charge in [0.15, 0.2) is 0 Å². The van der Waals surface area contributed by atoms with Gasteiger partial charge in [-0.15, -0.1) is 0 Å². The molecule has 0 bridgehead atoms. The summed E-state index contributed by atoms with van der Waals surface area (Å²) in [5.41, 5.74) is 10.5. The number of pyridine rings is 1. The largest absolute Gasteiger partial charge is 0.461 e. The molecular weight excluding hydrogens is 412 g/mol. The second kappa shape index (κ2) is 8.35. The Morgan fingerprint density at radius 1 is 1.18 bits per heavy atom. The Morgan fingerprint density at radius 3 is 2.70 bits per heavy atom. The summed E-state index contributed by atoms with van der Waals surface area (Å²) >= 11 is 0. The zero-order chi connectivity index (χ0) is 23.4. The van der Waals surface area contributed by atoms with Gasteiger partial charge in [0.1, 0.15) is 12.1 Å². The molecule has 1 heterocycles. The number of allylic oxidation sites excluding steroid dienone is 3. The van der Waals surface area contributed by atoms with Gasteiger partial charge in [0.05, 0.1) is 6.10 Å². The Balaban J connectivity index is 1.33. The molecule has 4 aliphatic carbocycles. The molecule has 0 aliphatic heterocycles. The minimum absolute atomic E-state index is 0.127. The van der Waals surface area contributed by atoms with Crippen molar-refractivity contribution in [2.24, 2.45) is 34.3 Å². The molecule has 5 heteroatoms. The van der Waals surface area contributed by atoms with E-state index in [0.29, 0.717) is 17.8 Å². The first-order valence-corrected chi connectivity index (χ1v) is 12.7. The predicted molar refractivity (Wildman–Crippen MR) is 129 cm³/mol. The lowest BCUT2D eigenvalue weighted by Gasteiger charge is -2.57. The van der Waals surface area contributed by atoms with Gasteiger partial charge < -0.3 is 15.6 Å². The Morgan fingerprint density at radius 2 is 1.97 bits per heavy atom. The van der Waals surface area contributed by atoms with E-state index in [1.165, 1.54) is 42.9 Å². The van der Waals surface area contributed by atoms with Crippen LogP contribution in [-0.4, -0.2) is 34.3 Å².